The lowest BCUT2D eigenvalue weighted by atomic mass is 9.85. The molecular weight excluding hydrogens is 412 g/mol. The summed E-state index contributed by atoms with van der Waals surface area (Å²) < 4.78 is 30.8. The molecule has 8 heteroatoms. The molecule has 2 heterocycles. The highest BCUT2D eigenvalue weighted by atomic mass is 35.5. The Morgan fingerprint density at radius 2 is 2.03 bits per heavy atom. The fourth-order valence-electron chi connectivity index (χ4n) is 4.63. The molecule has 0 bridgehead atoms. The number of carbonyl (C=O) groups is 1. The van der Waals surface area contributed by atoms with E-state index in [1.165, 1.54) is 6.07 Å². The maximum Gasteiger partial charge on any atom is 0.255 e. The van der Waals surface area contributed by atoms with Crippen LogP contribution < -0.4 is 15.4 Å². The Morgan fingerprint density at radius 1 is 1.28 bits per heavy atom. The first-order valence-corrected chi connectivity index (χ1v) is 12.1. The molecule has 1 amide bonds. The van der Waals surface area contributed by atoms with Gasteiger partial charge in [-0.05, 0) is 75.6 Å². The van der Waals surface area contributed by atoms with Crippen LogP contribution in [0.4, 0.5) is 0 Å². The molecule has 2 fully saturated rings. The minimum Gasteiger partial charge on any atom is -0.492 e. The van der Waals surface area contributed by atoms with Crippen molar-refractivity contribution in [2.75, 3.05) is 18.9 Å². The molecule has 1 saturated heterocycles. The van der Waals surface area contributed by atoms with Crippen molar-refractivity contribution >= 4 is 28.2 Å². The van der Waals surface area contributed by atoms with Gasteiger partial charge in [0, 0.05) is 6.04 Å². The summed E-state index contributed by atoms with van der Waals surface area (Å²) in [5.74, 6) is 0.802. The molecule has 29 heavy (non-hydrogen) atoms. The highest BCUT2D eigenvalue weighted by Gasteiger charge is 2.49. The Kier molecular flexibility index (Phi) is 6.51. The summed E-state index contributed by atoms with van der Waals surface area (Å²) in [4.78, 5) is 13.6. The second-order valence-electron chi connectivity index (χ2n) is 8.47. The van der Waals surface area contributed by atoms with E-state index in [0.29, 0.717) is 23.8 Å². The van der Waals surface area contributed by atoms with Crippen molar-refractivity contribution in [3.05, 3.63) is 23.3 Å². The quantitative estimate of drug-likeness (QED) is 0.707. The van der Waals surface area contributed by atoms with Gasteiger partial charge < -0.3 is 15.4 Å². The molecule has 1 saturated carbocycles. The van der Waals surface area contributed by atoms with Crippen molar-refractivity contribution in [1.82, 2.24) is 10.6 Å². The summed E-state index contributed by atoms with van der Waals surface area (Å²) in [6.07, 6.45) is 5.96. The SMILES string of the molecule is CCS(=O)(=O)c1cc2c(c(C(=O)NC(C)(C3CC3)C3CCCN3)c1)OCCC2.Cl. The van der Waals surface area contributed by atoms with Gasteiger partial charge in [-0.1, -0.05) is 6.92 Å². The van der Waals surface area contributed by atoms with Gasteiger partial charge in [0.05, 0.1) is 28.4 Å². The number of halogens is 1. The maximum absolute atomic E-state index is 13.4. The van der Waals surface area contributed by atoms with E-state index in [9.17, 15) is 13.2 Å². The van der Waals surface area contributed by atoms with Gasteiger partial charge in [0.25, 0.3) is 5.91 Å². The van der Waals surface area contributed by atoms with Crippen LogP contribution in [0.2, 0.25) is 0 Å². The number of rotatable bonds is 6. The van der Waals surface area contributed by atoms with Crippen molar-refractivity contribution in [3.8, 4) is 5.75 Å². The molecule has 0 radical (unpaired) electrons. The summed E-state index contributed by atoms with van der Waals surface area (Å²) in [5.41, 5.74) is 0.849. The number of carbonyl (C=O) groups excluding carboxylic acids is 1. The molecule has 2 N–H and O–H groups in total. The monoisotopic (exact) mass is 442 g/mol. The normalized spacial score (nSPS) is 23.3. The van der Waals surface area contributed by atoms with Gasteiger partial charge in [0.15, 0.2) is 9.84 Å². The van der Waals surface area contributed by atoms with Gasteiger partial charge in [-0.15, -0.1) is 12.4 Å². The lowest BCUT2D eigenvalue weighted by Gasteiger charge is -2.37. The third-order valence-corrected chi connectivity index (χ3v) is 8.27. The molecule has 2 unspecified atom stereocenters. The van der Waals surface area contributed by atoms with Crippen LogP contribution in [0.5, 0.6) is 5.75 Å². The number of hydrogen-bond acceptors (Lipinski definition) is 5. The third kappa shape index (κ3) is 4.28. The third-order valence-electron chi connectivity index (χ3n) is 6.55. The number of amides is 1. The number of sulfone groups is 1. The van der Waals surface area contributed by atoms with Crippen LogP contribution in [-0.4, -0.2) is 44.8 Å². The fourth-order valence-corrected chi connectivity index (χ4v) is 5.59. The number of benzene rings is 1. The minimum absolute atomic E-state index is 0. The topological polar surface area (TPSA) is 84.5 Å². The molecule has 2 atom stereocenters. The molecule has 3 aliphatic rings. The van der Waals surface area contributed by atoms with Crippen LogP contribution in [0.3, 0.4) is 0 Å². The summed E-state index contributed by atoms with van der Waals surface area (Å²) >= 11 is 0. The van der Waals surface area contributed by atoms with Crippen molar-refractivity contribution < 1.29 is 17.9 Å². The van der Waals surface area contributed by atoms with Crippen LogP contribution in [0.15, 0.2) is 17.0 Å². The fraction of sp³-hybridized carbons (Fsp3) is 0.667. The van der Waals surface area contributed by atoms with E-state index < -0.39 is 9.84 Å². The minimum atomic E-state index is -3.40. The van der Waals surface area contributed by atoms with Gasteiger partial charge in [0.2, 0.25) is 0 Å². The standard InChI is InChI=1S/C21H30N2O4S.ClH/c1-3-28(25,26)16-12-14-6-5-11-27-19(14)17(13-16)20(24)23-21(2,15-8-9-15)18-7-4-10-22-18;/h12-13,15,18,22H,3-11H2,1-2H3,(H,23,24);1H. The second kappa shape index (κ2) is 8.44. The number of nitrogens with one attached hydrogen (secondary N) is 2. The van der Waals surface area contributed by atoms with Crippen molar-refractivity contribution in [2.24, 2.45) is 5.92 Å². The van der Waals surface area contributed by atoms with Crippen molar-refractivity contribution in [2.45, 2.75) is 68.8 Å². The lowest BCUT2D eigenvalue weighted by molar-refractivity contribution is 0.0863. The number of fused-ring (bicyclic) bond motifs is 1. The molecular formula is C21H31ClN2O4S. The lowest BCUT2D eigenvalue weighted by Crippen LogP contribution is -2.59. The van der Waals surface area contributed by atoms with Crippen LogP contribution in [-0.2, 0) is 16.3 Å². The van der Waals surface area contributed by atoms with E-state index >= 15 is 0 Å². The van der Waals surface area contributed by atoms with Crippen LogP contribution in [0, 0.1) is 5.92 Å². The molecule has 0 aromatic heterocycles. The zero-order valence-electron chi connectivity index (χ0n) is 17.1. The van der Waals surface area contributed by atoms with E-state index in [1.807, 2.05) is 0 Å². The summed E-state index contributed by atoms with van der Waals surface area (Å²) in [5, 5.41) is 6.82. The van der Waals surface area contributed by atoms with Gasteiger partial charge in [-0.25, -0.2) is 8.42 Å². The molecule has 2 aliphatic heterocycles. The molecule has 4 rings (SSSR count). The summed E-state index contributed by atoms with van der Waals surface area (Å²) in [7, 11) is -3.40. The average Bonchev–Trinajstić information content (AvgIpc) is 3.41. The summed E-state index contributed by atoms with van der Waals surface area (Å²) in [6, 6.07) is 3.44. The predicted octanol–water partition coefficient (Wildman–Crippen LogP) is 2.88. The van der Waals surface area contributed by atoms with Gasteiger partial charge in [-0.2, -0.15) is 0 Å². The Balaban J connectivity index is 0.00000240. The van der Waals surface area contributed by atoms with Crippen LogP contribution in [0.1, 0.15) is 61.9 Å². The number of ether oxygens (including phenoxy) is 1. The molecule has 1 aliphatic carbocycles. The van der Waals surface area contributed by atoms with Crippen LogP contribution >= 0.6 is 12.4 Å². The van der Waals surface area contributed by atoms with E-state index in [4.69, 9.17) is 4.74 Å². The Hall–Kier alpha value is -1.31. The second-order valence-corrected chi connectivity index (χ2v) is 10.8. The molecule has 0 spiro atoms. The van der Waals surface area contributed by atoms with E-state index in [0.717, 1.165) is 50.6 Å². The summed E-state index contributed by atoms with van der Waals surface area (Å²) in [6.45, 7) is 5.29. The molecule has 6 nitrogen and oxygen atoms in total. The zero-order valence-corrected chi connectivity index (χ0v) is 18.8. The number of aryl methyl sites for hydroxylation is 1. The predicted molar refractivity (Wildman–Crippen MR) is 115 cm³/mol. The van der Waals surface area contributed by atoms with Gasteiger partial charge in [-0.3, -0.25) is 4.79 Å². The first-order valence-electron chi connectivity index (χ1n) is 10.4. The van der Waals surface area contributed by atoms with Gasteiger partial charge >= 0.3 is 0 Å². The molecule has 162 valence electrons. The van der Waals surface area contributed by atoms with E-state index in [2.05, 4.69) is 17.6 Å². The Morgan fingerprint density at radius 3 is 2.66 bits per heavy atom. The average molecular weight is 443 g/mol. The molecule has 1 aromatic carbocycles. The smallest absolute Gasteiger partial charge is 0.255 e. The molecule has 1 aromatic rings. The van der Waals surface area contributed by atoms with Crippen molar-refractivity contribution in [3.63, 3.8) is 0 Å². The highest BCUT2D eigenvalue weighted by molar-refractivity contribution is 7.91. The number of hydrogen-bond donors (Lipinski definition) is 2. The Bertz CT molecular complexity index is 879. The zero-order chi connectivity index (χ0) is 19.9. The van der Waals surface area contributed by atoms with Crippen LogP contribution in [0.25, 0.3) is 0 Å². The first kappa shape index (κ1) is 22.4. The maximum atomic E-state index is 13.4. The highest BCUT2D eigenvalue weighted by Crippen LogP contribution is 2.43. The van der Waals surface area contributed by atoms with Crippen molar-refractivity contribution in [1.29, 1.82) is 0 Å². The Labute approximate surface area is 179 Å². The largest absolute Gasteiger partial charge is 0.492 e. The van der Waals surface area contributed by atoms with E-state index in [-0.39, 0.29) is 40.5 Å². The van der Waals surface area contributed by atoms with Gasteiger partial charge in [0.1, 0.15) is 5.75 Å². The van der Waals surface area contributed by atoms with E-state index in [1.54, 1.807) is 13.0 Å². The first-order chi connectivity index (χ1) is 13.3.